The first kappa shape index (κ1) is 27.7. The molecular weight excluding hydrogens is 456 g/mol. The standard InChI is InChI=1S/C29H40N2O5/c1-22(34-20-23-13-8-6-9-14-23)26(27(32)35-21-24-15-10-7-11-16-24)30(5)19-25-17-12-18-31(25)28(33)36-29(2,3)4/h6-11,13-16,22,25-26H,12,17-21H2,1-5H3/t22-,25?,26+/m1/s1. The summed E-state index contributed by atoms with van der Waals surface area (Å²) in [7, 11) is 1.89. The molecule has 0 aliphatic carbocycles. The first-order chi connectivity index (χ1) is 17.1. The summed E-state index contributed by atoms with van der Waals surface area (Å²) in [6.45, 7) is 9.26. The van der Waals surface area contributed by atoms with Crippen LogP contribution in [0.4, 0.5) is 4.79 Å². The normalized spacial score (nSPS) is 17.6. The van der Waals surface area contributed by atoms with E-state index in [9.17, 15) is 9.59 Å². The zero-order chi connectivity index (χ0) is 26.1. The number of carbonyl (C=O) groups excluding carboxylic acids is 2. The van der Waals surface area contributed by atoms with Crippen LogP contribution in [0, 0.1) is 0 Å². The van der Waals surface area contributed by atoms with E-state index in [2.05, 4.69) is 0 Å². The Hall–Kier alpha value is -2.90. The summed E-state index contributed by atoms with van der Waals surface area (Å²) in [5, 5.41) is 0. The third kappa shape index (κ3) is 8.35. The molecule has 1 heterocycles. The first-order valence-electron chi connectivity index (χ1n) is 12.7. The second kappa shape index (κ2) is 12.9. The third-order valence-corrected chi connectivity index (χ3v) is 6.24. The van der Waals surface area contributed by atoms with Crippen LogP contribution in [-0.2, 0) is 32.2 Å². The number of hydrogen-bond donors (Lipinski definition) is 0. The van der Waals surface area contributed by atoms with Gasteiger partial charge in [-0.05, 0) is 58.7 Å². The predicted octanol–water partition coefficient (Wildman–Crippen LogP) is 5.04. The fourth-order valence-corrected chi connectivity index (χ4v) is 4.47. The maximum absolute atomic E-state index is 13.3. The fraction of sp³-hybridized carbons (Fsp3) is 0.517. The highest BCUT2D eigenvalue weighted by molar-refractivity contribution is 5.76. The highest BCUT2D eigenvalue weighted by atomic mass is 16.6. The van der Waals surface area contributed by atoms with Gasteiger partial charge in [-0.3, -0.25) is 9.69 Å². The number of ether oxygens (including phenoxy) is 3. The molecular formula is C29H40N2O5. The molecule has 7 nitrogen and oxygen atoms in total. The molecule has 1 saturated heterocycles. The molecule has 196 valence electrons. The predicted molar refractivity (Wildman–Crippen MR) is 139 cm³/mol. The average Bonchev–Trinajstić information content (AvgIpc) is 3.30. The van der Waals surface area contributed by atoms with Gasteiger partial charge in [0, 0.05) is 19.1 Å². The Kier molecular flexibility index (Phi) is 9.90. The number of amides is 1. The van der Waals surface area contributed by atoms with Crippen molar-refractivity contribution in [3.05, 3.63) is 71.8 Å². The van der Waals surface area contributed by atoms with Crippen LogP contribution in [0.25, 0.3) is 0 Å². The summed E-state index contributed by atoms with van der Waals surface area (Å²) in [5.74, 6) is -0.344. The summed E-state index contributed by atoms with van der Waals surface area (Å²) in [5.41, 5.74) is 1.41. The van der Waals surface area contributed by atoms with Crippen molar-refractivity contribution in [2.75, 3.05) is 20.1 Å². The smallest absolute Gasteiger partial charge is 0.410 e. The Balaban J connectivity index is 1.69. The van der Waals surface area contributed by atoms with Crippen molar-refractivity contribution in [1.29, 1.82) is 0 Å². The second-order valence-electron chi connectivity index (χ2n) is 10.4. The highest BCUT2D eigenvalue weighted by Crippen LogP contribution is 2.23. The van der Waals surface area contributed by atoms with E-state index in [4.69, 9.17) is 14.2 Å². The van der Waals surface area contributed by atoms with Crippen molar-refractivity contribution in [2.24, 2.45) is 0 Å². The van der Waals surface area contributed by atoms with Gasteiger partial charge in [-0.2, -0.15) is 0 Å². The number of esters is 1. The van der Waals surface area contributed by atoms with Gasteiger partial charge in [0.25, 0.3) is 0 Å². The molecule has 3 atom stereocenters. The first-order valence-corrected chi connectivity index (χ1v) is 12.7. The minimum absolute atomic E-state index is 0.0457. The zero-order valence-corrected chi connectivity index (χ0v) is 22.2. The average molecular weight is 497 g/mol. The number of hydrogen-bond acceptors (Lipinski definition) is 6. The van der Waals surface area contributed by atoms with Crippen molar-refractivity contribution in [1.82, 2.24) is 9.80 Å². The Morgan fingerprint density at radius 3 is 2.17 bits per heavy atom. The molecule has 0 spiro atoms. The lowest BCUT2D eigenvalue weighted by molar-refractivity contribution is -0.157. The molecule has 2 aromatic carbocycles. The third-order valence-electron chi connectivity index (χ3n) is 6.24. The quantitative estimate of drug-likeness (QED) is 0.430. The molecule has 1 aliphatic rings. The van der Waals surface area contributed by atoms with E-state index < -0.39 is 17.7 Å². The van der Waals surface area contributed by atoms with Crippen LogP contribution in [0.2, 0.25) is 0 Å². The number of benzene rings is 2. The van der Waals surface area contributed by atoms with E-state index in [0.29, 0.717) is 19.7 Å². The van der Waals surface area contributed by atoms with Gasteiger partial charge in [-0.15, -0.1) is 0 Å². The van der Waals surface area contributed by atoms with Gasteiger partial charge < -0.3 is 19.1 Å². The molecule has 3 rings (SSSR count). The second-order valence-corrected chi connectivity index (χ2v) is 10.4. The maximum atomic E-state index is 13.3. The summed E-state index contributed by atoms with van der Waals surface area (Å²) in [6.07, 6.45) is 1.03. The van der Waals surface area contributed by atoms with Crippen LogP contribution < -0.4 is 0 Å². The van der Waals surface area contributed by atoms with E-state index in [-0.39, 0.29) is 24.7 Å². The lowest BCUT2D eigenvalue weighted by Gasteiger charge is -2.35. The minimum Gasteiger partial charge on any atom is -0.460 e. The van der Waals surface area contributed by atoms with Crippen LogP contribution in [0.3, 0.4) is 0 Å². The van der Waals surface area contributed by atoms with E-state index in [1.54, 1.807) is 4.90 Å². The van der Waals surface area contributed by atoms with Crippen molar-refractivity contribution in [3.63, 3.8) is 0 Å². The molecule has 1 aliphatic heterocycles. The van der Waals surface area contributed by atoms with Crippen LogP contribution in [0.5, 0.6) is 0 Å². The molecule has 0 aromatic heterocycles. The van der Waals surface area contributed by atoms with Crippen molar-refractivity contribution < 1.29 is 23.8 Å². The maximum Gasteiger partial charge on any atom is 0.410 e. The van der Waals surface area contributed by atoms with Gasteiger partial charge in [0.2, 0.25) is 0 Å². The van der Waals surface area contributed by atoms with Crippen molar-refractivity contribution >= 4 is 12.1 Å². The largest absolute Gasteiger partial charge is 0.460 e. The zero-order valence-electron chi connectivity index (χ0n) is 22.2. The summed E-state index contributed by atoms with van der Waals surface area (Å²) in [6, 6.07) is 18.8. The van der Waals surface area contributed by atoms with Gasteiger partial charge in [-0.25, -0.2) is 4.79 Å². The number of carbonyl (C=O) groups is 2. The minimum atomic E-state index is -0.626. The van der Waals surface area contributed by atoms with Gasteiger partial charge >= 0.3 is 12.1 Å². The number of nitrogens with zero attached hydrogens (tertiary/aromatic N) is 2. The molecule has 2 aromatic rings. The molecule has 36 heavy (non-hydrogen) atoms. The number of likely N-dealkylation sites (N-methyl/N-ethyl adjacent to an activating group) is 1. The Bertz CT molecular complexity index is 961. The molecule has 1 fully saturated rings. The van der Waals surface area contributed by atoms with Gasteiger partial charge in [0.15, 0.2) is 0 Å². The van der Waals surface area contributed by atoms with Crippen molar-refractivity contribution in [2.45, 2.75) is 77.5 Å². The Labute approximate surface area is 215 Å². The molecule has 0 bridgehead atoms. The molecule has 0 saturated carbocycles. The van der Waals surface area contributed by atoms with Crippen LogP contribution in [0.1, 0.15) is 51.7 Å². The van der Waals surface area contributed by atoms with E-state index in [0.717, 1.165) is 24.0 Å². The summed E-state index contributed by atoms with van der Waals surface area (Å²) >= 11 is 0. The fourth-order valence-electron chi connectivity index (χ4n) is 4.47. The summed E-state index contributed by atoms with van der Waals surface area (Å²) in [4.78, 5) is 29.9. The summed E-state index contributed by atoms with van der Waals surface area (Å²) < 4.78 is 17.5. The van der Waals surface area contributed by atoms with Crippen LogP contribution in [0.15, 0.2) is 60.7 Å². The van der Waals surface area contributed by atoms with Gasteiger partial charge in [0.1, 0.15) is 18.2 Å². The van der Waals surface area contributed by atoms with Crippen LogP contribution in [-0.4, -0.2) is 65.8 Å². The lowest BCUT2D eigenvalue weighted by Crippen LogP contribution is -2.52. The highest BCUT2D eigenvalue weighted by Gasteiger charge is 2.37. The van der Waals surface area contributed by atoms with E-state index >= 15 is 0 Å². The SMILES string of the molecule is C[C@@H](OCc1ccccc1)[C@@H](C(=O)OCc1ccccc1)N(C)CC1CCCN1C(=O)OC(C)(C)C. The Morgan fingerprint density at radius 2 is 1.58 bits per heavy atom. The lowest BCUT2D eigenvalue weighted by atomic mass is 10.1. The molecule has 0 radical (unpaired) electrons. The molecule has 1 amide bonds. The Morgan fingerprint density at radius 1 is 1.00 bits per heavy atom. The van der Waals surface area contributed by atoms with E-state index in [1.165, 1.54) is 0 Å². The molecule has 0 N–H and O–H groups in total. The molecule has 7 heteroatoms. The topological polar surface area (TPSA) is 68.3 Å². The van der Waals surface area contributed by atoms with Crippen LogP contribution >= 0.6 is 0 Å². The van der Waals surface area contributed by atoms with Gasteiger partial charge in [0.05, 0.1) is 12.7 Å². The number of rotatable bonds is 10. The number of likely N-dealkylation sites (tertiary alicyclic amines) is 1. The van der Waals surface area contributed by atoms with Gasteiger partial charge in [-0.1, -0.05) is 60.7 Å². The van der Waals surface area contributed by atoms with Crippen molar-refractivity contribution in [3.8, 4) is 0 Å². The molecule has 1 unspecified atom stereocenters. The monoisotopic (exact) mass is 496 g/mol. The van der Waals surface area contributed by atoms with E-state index in [1.807, 2.05) is 100 Å².